The quantitative estimate of drug-likeness (QED) is 0.872. The van der Waals surface area contributed by atoms with Gasteiger partial charge in [-0.3, -0.25) is 0 Å². The molecule has 118 valence electrons. The van der Waals surface area contributed by atoms with Crippen LogP contribution in [0.1, 0.15) is 45.1 Å². The topological polar surface area (TPSA) is 44.3 Å². The third-order valence-corrected chi connectivity index (χ3v) is 4.30. The van der Waals surface area contributed by atoms with Crippen LogP contribution >= 0.6 is 0 Å². The van der Waals surface area contributed by atoms with E-state index in [4.69, 9.17) is 0 Å². The zero-order chi connectivity index (χ0) is 15.4. The first-order valence-corrected chi connectivity index (χ1v) is 8.04. The Kier molecular flexibility index (Phi) is 5.39. The zero-order valence-corrected chi connectivity index (χ0v) is 14.1. The van der Waals surface area contributed by atoms with Crippen LogP contribution in [0, 0.1) is 0 Å². The number of hydrogen-bond donors (Lipinski definition) is 1. The maximum Gasteiger partial charge on any atom is 0.137 e. The minimum Gasteiger partial charge on any atom is -0.370 e. The predicted octanol–water partition coefficient (Wildman–Crippen LogP) is 2.56. The Morgan fingerprint density at radius 1 is 1.43 bits per heavy atom. The number of anilines is 2. The van der Waals surface area contributed by atoms with Gasteiger partial charge in [0.1, 0.15) is 18.0 Å². The van der Waals surface area contributed by atoms with E-state index in [1.165, 1.54) is 24.9 Å². The van der Waals surface area contributed by atoms with Gasteiger partial charge in [-0.2, -0.15) is 0 Å². The van der Waals surface area contributed by atoms with Gasteiger partial charge in [0.2, 0.25) is 0 Å². The van der Waals surface area contributed by atoms with Crippen molar-refractivity contribution in [3.63, 3.8) is 0 Å². The molecular formula is C16H29N5. The highest BCUT2D eigenvalue weighted by Gasteiger charge is 2.24. The van der Waals surface area contributed by atoms with Gasteiger partial charge >= 0.3 is 0 Å². The van der Waals surface area contributed by atoms with Crippen molar-refractivity contribution in [2.45, 2.75) is 45.6 Å². The molecule has 1 fully saturated rings. The van der Waals surface area contributed by atoms with E-state index in [9.17, 15) is 0 Å². The number of hydrogen-bond acceptors (Lipinski definition) is 5. The summed E-state index contributed by atoms with van der Waals surface area (Å²) in [5.41, 5.74) is 1.22. The summed E-state index contributed by atoms with van der Waals surface area (Å²) in [6, 6.07) is 0.632. The monoisotopic (exact) mass is 291 g/mol. The van der Waals surface area contributed by atoms with Crippen LogP contribution in [0.25, 0.3) is 0 Å². The molecule has 1 aromatic rings. The summed E-state index contributed by atoms with van der Waals surface area (Å²) in [5, 5.41) is 3.37. The van der Waals surface area contributed by atoms with Crippen molar-refractivity contribution in [1.82, 2.24) is 14.9 Å². The molecule has 0 aliphatic carbocycles. The summed E-state index contributed by atoms with van der Waals surface area (Å²) in [6.45, 7) is 9.63. The first kappa shape index (κ1) is 16.0. The molecule has 1 N–H and O–H groups in total. The van der Waals surface area contributed by atoms with Gasteiger partial charge < -0.3 is 15.1 Å². The number of rotatable bonds is 6. The van der Waals surface area contributed by atoms with Gasteiger partial charge in [0.15, 0.2) is 0 Å². The third kappa shape index (κ3) is 3.64. The number of likely N-dealkylation sites (tertiary alicyclic amines) is 1. The fourth-order valence-corrected chi connectivity index (χ4v) is 3.14. The lowest BCUT2D eigenvalue weighted by molar-refractivity contribution is 0.314. The molecule has 1 unspecified atom stereocenters. The second kappa shape index (κ2) is 7.07. The van der Waals surface area contributed by atoms with Crippen molar-refractivity contribution in [2.75, 3.05) is 43.9 Å². The van der Waals surface area contributed by atoms with E-state index in [-0.39, 0.29) is 0 Å². The average Bonchev–Trinajstić information content (AvgIpc) is 2.84. The molecule has 0 radical (unpaired) electrons. The molecule has 1 atom stereocenters. The van der Waals surface area contributed by atoms with Crippen LogP contribution in [0.5, 0.6) is 0 Å². The highest BCUT2D eigenvalue weighted by atomic mass is 15.2. The Morgan fingerprint density at radius 3 is 2.76 bits per heavy atom. The van der Waals surface area contributed by atoms with Gasteiger partial charge in [0.05, 0.1) is 0 Å². The van der Waals surface area contributed by atoms with Gasteiger partial charge in [0, 0.05) is 31.7 Å². The largest absolute Gasteiger partial charge is 0.370 e. The van der Waals surface area contributed by atoms with Gasteiger partial charge in [-0.25, -0.2) is 9.97 Å². The van der Waals surface area contributed by atoms with E-state index >= 15 is 0 Å². The summed E-state index contributed by atoms with van der Waals surface area (Å²) < 4.78 is 0. The minimum absolute atomic E-state index is 0.402. The molecule has 0 spiro atoms. The normalized spacial score (nSPS) is 19.2. The number of likely N-dealkylation sites (N-methyl/N-ethyl adjacent to an activating group) is 2. The molecule has 0 aromatic carbocycles. The van der Waals surface area contributed by atoms with Crippen molar-refractivity contribution < 1.29 is 0 Å². The highest BCUT2D eigenvalue weighted by molar-refractivity contribution is 5.60. The van der Waals surface area contributed by atoms with E-state index in [0.717, 1.165) is 24.7 Å². The van der Waals surface area contributed by atoms with Crippen LogP contribution in [0.3, 0.4) is 0 Å². The Labute approximate surface area is 128 Å². The lowest BCUT2D eigenvalue weighted by Gasteiger charge is -2.29. The molecule has 1 saturated heterocycles. The van der Waals surface area contributed by atoms with Gasteiger partial charge in [-0.1, -0.05) is 13.8 Å². The predicted molar refractivity (Wildman–Crippen MR) is 89.2 cm³/mol. The Balaban J connectivity index is 2.22. The van der Waals surface area contributed by atoms with Gasteiger partial charge in [0.25, 0.3) is 0 Å². The van der Waals surface area contributed by atoms with Crippen molar-refractivity contribution >= 4 is 11.6 Å². The van der Waals surface area contributed by atoms with Crippen LogP contribution < -0.4 is 10.2 Å². The molecule has 1 aliphatic heterocycles. The Bertz CT molecular complexity index is 460. The van der Waals surface area contributed by atoms with E-state index in [1.54, 1.807) is 6.33 Å². The molecule has 2 heterocycles. The average molecular weight is 291 g/mol. The lowest BCUT2D eigenvalue weighted by atomic mass is 10.0. The Morgan fingerprint density at radius 2 is 2.19 bits per heavy atom. The molecular weight excluding hydrogens is 262 g/mol. The number of aromatic nitrogens is 2. The van der Waals surface area contributed by atoms with Crippen LogP contribution in [0.15, 0.2) is 6.33 Å². The zero-order valence-electron chi connectivity index (χ0n) is 14.1. The van der Waals surface area contributed by atoms with Crippen molar-refractivity contribution in [2.24, 2.45) is 0 Å². The third-order valence-electron chi connectivity index (χ3n) is 4.30. The number of nitrogens with one attached hydrogen (secondary N) is 1. The minimum atomic E-state index is 0.402. The van der Waals surface area contributed by atoms with E-state index in [1.807, 2.05) is 0 Å². The van der Waals surface area contributed by atoms with E-state index < -0.39 is 0 Å². The van der Waals surface area contributed by atoms with Crippen LogP contribution in [-0.2, 0) is 0 Å². The fourth-order valence-electron chi connectivity index (χ4n) is 3.14. The van der Waals surface area contributed by atoms with Gasteiger partial charge in [-0.15, -0.1) is 0 Å². The fraction of sp³-hybridized carbons (Fsp3) is 0.750. The maximum absolute atomic E-state index is 4.57. The molecule has 0 saturated carbocycles. The first-order chi connectivity index (χ1) is 10.0. The molecule has 2 rings (SSSR count). The molecule has 5 heteroatoms. The number of nitrogens with zero attached hydrogens (tertiary/aromatic N) is 4. The van der Waals surface area contributed by atoms with Crippen molar-refractivity contribution in [3.05, 3.63) is 11.9 Å². The molecule has 21 heavy (non-hydrogen) atoms. The molecule has 5 nitrogen and oxygen atoms in total. The summed E-state index contributed by atoms with van der Waals surface area (Å²) in [7, 11) is 4.37. The van der Waals surface area contributed by atoms with Crippen LogP contribution in [-0.4, -0.2) is 54.6 Å². The van der Waals surface area contributed by atoms with Crippen LogP contribution in [0.2, 0.25) is 0 Å². The second-order valence-electron chi connectivity index (χ2n) is 6.30. The highest BCUT2D eigenvalue weighted by Crippen LogP contribution is 2.31. The Hall–Kier alpha value is -1.36. The molecule has 0 bridgehead atoms. The smallest absolute Gasteiger partial charge is 0.137 e. The van der Waals surface area contributed by atoms with Crippen LogP contribution in [0.4, 0.5) is 11.6 Å². The van der Waals surface area contributed by atoms with Gasteiger partial charge in [-0.05, 0) is 39.3 Å². The first-order valence-electron chi connectivity index (χ1n) is 8.04. The SMILES string of the molecule is CCNc1ncnc(N(C)CC2CCCN2C)c1C(C)C. The molecule has 0 amide bonds. The van der Waals surface area contributed by atoms with E-state index in [2.05, 4.69) is 60.0 Å². The standard InChI is InChI=1S/C16H29N5/c1-6-17-15-14(12(2)3)16(19-11-18-15)21(5)10-13-8-7-9-20(13)4/h11-13H,6-10H2,1-5H3,(H,17,18,19). The molecule has 1 aromatic heterocycles. The van der Waals surface area contributed by atoms with Crippen molar-refractivity contribution in [3.8, 4) is 0 Å². The van der Waals surface area contributed by atoms with E-state index in [0.29, 0.717) is 12.0 Å². The summed E-state index contributed by atoms with van der Waals surface area (Å²) in [6.07, 6.45) is 4.26. The summed E-state index contributed by atoms with van der Waals surface area (Å²) in [5.74, 6) is 2.44. The van der Waals surface area contributed by atoms with Crippen molar-refractivity contribution in [1.29, 1.82) is 0 Å². The summed E-state index contributed by atoms with van der Waals surface area (Å²) in [4.78, 5) is 13.7. The lowest BCUT2D eigenvalue weighted by Crippen LogP contribution is -2.37. The molecule has 1 aliphatic rings. The summed E-state index contributed by atoms with van der Waals surface area (Å²) >= 11 is 0. The second-order valence-corrected chi connectivity index (χ2v) is 6.30. The maximum atomic E-state index is 4.57.